The van der Waals surface area contributed by atoms with Gasteiger partial charge in [-0.15, -0.1) is 0 Å². The first kappa shape index (κ1) is 8.47. The molecule has 0 heterocycles. The van der Waals surface area contributed by atoms with Crippen molar-refractivity contribution in [2.75, 3.05) is 0 Å². The van der Waals surface area contributed by atoms with Crippen LogP contribution in [0.3, 0.4) is 0 Å². The molecule has 0 aromatic heterocycles. The average molecular weight is 154 g/mol. The monoisotopic (exact) mass is 154 g/mol. The standard InChI is InChI=1S/C9H14O2/c1-7(10)8-5-3-2-4-6-9(8)11/h5,7,10H,2-4,6H2,1H3. The quantitative estimate of drug-likeness (QED) is 0.620. The van der Waals surface area contributed by atoms with Crippen molar-refractivity contribution in [3.63, 3.8) is 0 Å². The topological polar surface area (TPSA) is 37.3 Å². The minimum Gasteiger partial charge on any atom is -0.389 e. The van der Waals surface area contributed by atoms with Crippen molar-refractivity contribution >= 4 is 5.78 Å². The van der Waals surface area contributed by atoms with Gasteiger partial charge in [-0.1, -0.05) is 6.08 Å². The van der Waals surface area contributed by atoms with Gasteiger partial charge in [0.2, 0.25) is 0 Å². The molecule has 0 radical (unpaired) electrons. The van der Waals surface area contributed by atoms with Gasteiger partial charge >= 0.3 is 0 Å². The molecule has 0 aliphatic heterocycles. The smallest absolute Gasteiger partial charge is 0.161 e. The van der Waals surface area contributed by atoms with Crippen molar-refractivity contribution < 1.29 is 9.90 Å². The lowest BCUT2D eigenvalue weighted by molar-refractivity contribution is -0.116. The van der Waals surface area contributed by atoms with E-state index in [1.54, 1.807) is 6.92 Å². The summed E-state index contributed by atoms with van der Waals surface area (Å²) in [5, 5.41) is 9.18. The van der Waals surface area contributed by atoms with Crippen LogP contribution in [0.1, 0.15) is 32.6 Å². The summed E-state index contributed by atoms with van der Waals surface area (Å²) < 4.78 is 0. The Morgan fingerprint density at radius 2 is 2.27 bits per heavy atom. The van der Waals surface area contributed by atoms with E-state index in [1.807, 2.05) is 6.08 Å². The van der Waals surface area contributed by atoms with E-state index in [0.717, 1.165) is 19.3 Å². The van der Waals surface area contributed by atoms with Crippen molar-refractivity contribution in [1.82, 2.24) is 0 Å². The highest BCUT2D eigenvalue weighted by molar-refractivity contribution is 5.96. The minimum atomic E-state index is -0.583. The Morgan fingerprint density at radius 1 is 1.55 bits per heavy atom. The maximum atomic E-state index is 11.2. The van der Waals surface area contributed by atoms with Crippen LogP contribution in [0.25, 0.3) is 0 Å². The van der Waals surface area contributed by atoms with Crippen LogP contribution >= 0.6 is 0 Å². The Labute approximate surface area is 66.9 Å². The molecular formula is C9H14O2. The summed E-state index contributed by atoms with van der Waals surface area (Å²) in [6.45, 7) is 1.65. The molecule has 1 aliphatic carbocycles. The van der Waals surface area contributed by atoms with Crippen LogP contribution in [0.4, 0.5) is 0 Å². The molecule has 0 bridgehead atoms. The molecule has 1 rings (SSSR count). The Hall–Kier alpha value is -0.630. The van der Waals surface area contributed by atoms with Crippen molar-refractivity contribution in [2.24, 2.45) is 0 Å². The minimum absolute atomic E-state index is 0.123. The van der Waals surface area contributed by atoms with E-state index >= 15 is 0 Å². The molecule has 1 unspecified atom stereocenters. The molecule has 2 heteroatoms. The number of rotatable bonds is 1. The predicted octanol–water partition coefficient (Wildman–Crippen LogP) is 1.44. The first-order chi connectivity index (χ1) is 5.22. The van der Waals surface area contributed by atoms with Crippen LogP contribution in [0.15, 0.2) is 11.6 Å². The number of Topliss-reactive ketones (excluding diaryl/α,β-unsaturated/α-hetero) is 1. The van der Waals surface area contributed by atoms with Gasteiger partial charge in [0.25, 0.3) is 0 Å². The molecule has 0 saturated carbocycles. The number of carbonyl (C=O) groups excluding carboxylic acids is 1. The number of aliphatic hydroxyl groups excluding tert-OH is 1. The second kappa shape index (κ2) is 3.67. The van der Waals surface area contributed by atoms with Crippen LogP contribution in [0.5, 0.6) is 0 Å². The first-order valence-corrected chi connectivity index (χ1v) is 4.13. The van der Waals surface area contributed by atoms with E-state index in [1.165, 1.54) is 0 Å². The molecule has 2 nitrogen and oxygen atoms in total. The Balaban J connectivity index is 2.71. The fourth-order valence-electron chi connectivity index (χ4n) is 1.35. The van der Waals surface area contributed by atoms with Gasteiger partial charge in [0.15, 0.2) is 5.78 Å². The predicted molar refractivity (Wildman–Crippen MR) is 43.2 cm³/mol. The highest BCUT2D eigenvalue weighted by Gasteiger charge is 2.15. The molecule has 0 saturated heterocycles. The van der Waals surface area contributed by atoms with Gasteiger partial charge in [-0.2, -0.15) is 0 Å². The highest BCUT2D eigenvalue weighted by atomic mass is 16.3. The van der Waals surface area contributed by atoms with E-state index in [4.69, 9.17) is 0 Å². The van der Waals surface area contributed by atoms with Gasteiger partial charge in [-0.3, -0.25) is 4.79 Å². The van der Waals surface area contributed by atoms with E-state index in [0.29, 0.717) is 12.0 Å². The molecule has 0 amide bonds. The summed E-state index contributed by atoms with van der Waals surface area (Å²) >= 11 is 0. The lowest BCUT2D eigenvalue weighted by atomic mass is 10.0. The zero-order valence-electron chi connectivity index (χ0n) is 6.84. The second-order valence-corrected chi connectivity index (χ2v) is 3.00. The summed E-state index contributed by atoms with van der Waals surface area (Å²) in [5.74, 6) is 0.123. The highest BCUT2D eigenvalue weighted by Crippen LogP contribution is 2.16. The first-order valence-electron chi connectivity index (χ1n) is 4.13. The molecule has 0 fully saturated rings. The largest absolute Gasteiger partial charge is 0.389 e. The molecule has 0 spiro atoms. The maximum absolute atomic E-state index is 11.2. The average Bonchev–Trinajstić information content (AvgIpc) is 2.13. The van der Waals surface area contributed by atoms with Gasteiger partial charge in [0, 0.05) is 12.0 Å². The third-order valence-corrected chi connectivity index (χ3v) is 1.99. The van der Waals surface area contributed by atoms with Crippen LogP contribution in [-0.4, -0.2) is 17.0 Å². The summed E-state index contributed by atoms with van der Waals surface area (Å²) in [6.07, 6.45) is 4.87. The number of hydrogen-bond donors (Lipinski definition) is 1. The molecule has 1 N–H and O–H groups in total. The van der Waals surface area contributed by atoms with E-state index in [2.05, 4.69) is 0 Å². The third-order valence-electron chi connectivity index (χ3n) is 1.99. The van der Waals surface area contributed by atoms with Crippen LogP contribution < -0.4 is 0 Å². The maximum Gasteiger partial charge on any atom is 0.161 e. The molecule has 62 valence electrons. The van der Waals surface area contributed by atoms with E-state index < -0.39 is 6.10 Å². The zero-order valence-corrected chi connectivity index (χ0v) is 6.84. The lowest BCUT2D eigenvalue weighted by Crippen LogP contribution is -2.13. The normalized spacial score (nSPS) is 22.4. The number of ketones is 1. The number of carbonyl (C=O) groups is 1. The molecule has 1 aliphatic rings. The number of allylic oxidation sites excluding steroid dienone is 1. The molecule has 0 aromatic carbocycles. The van der Waals surface area contributed by atoms with E-state index in [9.17, 15) is 9.90 Å². The summed E-state index contributed by atoms with van der Waals surface area (Å²) in [6, 6.07) is 0. The van der Waals surface area contributed by atoms with Crippen LogP contribution in [0, 0.1) is 0 Å². The number of hydrogen-bond acceptors (Lipinski definition) is 2. The molecule has 11 heavy (non-hydrogen) atoms. The van der Waals surface area contributed by atoms with Crippen molar-refractivity contribution in [3.05, 3.63) is 11.6 Å². The summed E-state index contributed by atoms with van der Waals surface area (Å²) in [4.78, 5) is 11.2. The molecule has 0 aromatic rings. The fourth-order valence-corrected chi connectivity index (χ4v) is 1.35. The molecular weight excluding hydrogens is 140 g/mol. The summed E-state index contributed by atoms with van der Waals surface area (Å²) in [5.41, 5.74) is 0.613. The van der Waals surface area contributed by atoms with Crippen molar-refractivity contribution in [2.45, 2.75) is 38.7 Å². The lowest BCUT2D eigenvalue weighted by Gasteiger charge is -2.05. The Bertz CT molecular complexity index is 180. The Kier molecular flexibility index (Phi) is 2.83. The van der Waals surface area contributed by atoms with Gasteiger partial charge in [-0.05, 0) is 26.2 Å². The van der Waals surface area contributed by atoms with Crippen LogP contribution in [-0.2, 0) is 4.79 Å². The molecule has 1 atom stereocenters. The van der Waals surface area contributed by atoms with Crippen molar-refractivity contribution in [3.8, 4) is 0 Å². The van der Waals surface area contributed by atoms with Crippen molar-refractivity contribution in [1.29, 1.82) is 0 Å². The fraction of sp³-hybridized carbons (Fsp3) is 0.667. The van der Waals surface area contributed by atoms with Gasteiger partial charge < -0.3 is 5.11 Å². The summed E-state index contributed by atoms with van der Waals surface area (Å²) in [7, 11) is 0. The van der Waals surface area contributed by atoms with Gasteiger partial charge in [-0.25, -0.2) is 0 Å². The van der Waals surface area contributed by atoms with E-state index in [-0.39, 0.29) is 5.78 Å². The van der Waals surface area contributed by atoms with Gasteiger partial charge in [0.05, 0.1) is 6.10 Å². The van der Waals surface area contributed by atoms with Crippen LogP contribution in [0.2, 0.25) is 0 Å². The Morgan fingerprint density at radius 3 is 2.91 bits per heavy atom. The zero-order chi connectivity index (χ0) is 8.27. The number of aliphatic hydroxyl groups is 1. The van der Waals surface area contributed by atoms with Gasteiger partial charge in [0.1, 0.15) is 0 Å². The third kappa shape index (κ3) is 2.15. The SMILES string of the molecule is CC(O)C1=CCCCCC1=O. The second-order valence-electron chi connectivity index (χ2n) is 3.00.